The second kappa shape index (κ2) is 6.42. The molecule has 8 heteroatoms. The molecule has 3 aliphatic heterocycles. The van der Waals surface area contributed by atoms with Crippen molar-refractivity contribution in [2.24, 2.45) is 23.0 Å². The van der Waals surface area contributed by atoms with Gasteiger partial charge < -0.3 is 25.2 Å². The number of amides is 1. The summed E-state index contributed by atoms with van der Waals surface area (Å²) in [6.07, 6.45) is 1.55. The summed E-state index contributed by atoms with van der Waals surface area (Å²) in [5.41, 5.74) is 5.04. The Hall–Kier alpha value is -2.32. The molecular formula is C25H33N3O5. The van der Waals surface area contributed by atoms with Gasteiger partial charge in [0.25, 0.3) is 5.91 Å². The molecule has 2 aliphatic carbocycles. The largest absolute Gasteiger partial charge is 0.497 e. The van der Waals surface area contributed by atoms with Crippen LogP contribution in [0.5, 0.6) is 5.75 Å². The number of hydrogen-bond acceptors (Lipinski definition) is 7. The molecule has 1 unspecified atom stereocenters. The lowest BCUT2D eigenvalue weighted by Crippen LogP contribution is -2.83. The molecule has 6 rings (SSSR count). The van der Waals surface area contributed by atoms with E-state index in [4.69, 9.17) is 15.2 Å². The van der Waals surface area contributed by atoms with Gasteiger partial charge in [-0.25, -0.2) is 0 Å². The van der Waals surface area contributed by atoms with Crippen LogP contribution in [-0.4, -0.2) is 72.9 Å². The summed E-state index contributed by atoms with van der Waals surface area (Å²) in [6, 6.07) is 5.44. The zero-order valence-electron chi connectivity index (χ0n) is 19.7. The van der Waals surface area contributed by atoms with Crippen molar-refractivity contribution in [1.29, 1.82) is 0 Å². The Balaban J connectivity index is 1.68. The molecule has 3 N–H and O–H groups in total. The highest BCUT2D eigenvalue weighted by Crippen LogP contribution is 2.73. The minimum absolute atomic E-state index is 0.0461. The lowest BCUT2D eigenvalue weighted by atomic mass is 9.46. The molecule has 8 nitrogen and oxygen atoms in total. The minimum Gasteiger partial charge on any atom is -0.497 e. The average molecular weight is 456 g/mol. The predicted molar refractivity (Wildman–Crippen MR) is 121 cm³/mol. The molecular weight excluding hydrogens is 422 g/mol. The van der Waals surface area contributed by atoms with Gasteiger partial charge in [-0.2, -0.15) is 0 Å². The molecule has 2 saturated carbocycles. The van der Waals surface area contributed by atoms with Crippen molar-refractivity contribution in [2.45, 2.75) is 62.3 Å². The highest BCUT2D eigenvalue weighted by atomic mass is 16.6. The molecule has 8 atom stereocenters. The van der Waals surface area contributed by atoms with Crippen LogP contribution >= 0.6 is 0 Å². The highest BCUT2D eigenvalue weighted by molar-refractivity contribution is 5.89. The van der Waals surface area contributed by atoms with Crippen LogP contribution in [0.1, 0.15) is 38.7 Å². The molecule has 0 bridgehead atoms. The van der Waals surface area contributed by atoms with Gasteiger partial charge in [0, 0.05) is 49.1 Å². The number of aliphatic hydroxyl groups is 1. The van der Waals surface area contributed by atoms with Crippen LogP contribution in [0.3, 0.4) is 0 Å². The Morgan fingerprint density at radius 2 is 2.06 bits per heavy atom. The SMILES string of the molecule is CC[C@]12[C@@H]3C[C@@H]3CN3CC[C@@]4(c5ccc(OC)cc5N(C)[C@H]4C(O)(C(N)=O)[C@@H]1OC(C)=O)[C@@H]32. The third-order valence-corrected chi connectivity index (χ3v) is 9.81. The number of carbonyl (C=O) groups excluding carboxylic acids is 2. The number of anilines is 1. The van der Waals surface area contributed by atoms with E-state index in [-0.39, 0.29) is 6.04 Å². The van der Waals surface area contributed by atoms with Gasteiger partial charge in [-0.05, 0) is 49.3 Å². The van der Waals surface area contributed by atoms with Crippen molar-refractivity contribution in [3.63, 3.8) is 0 Å². The smallest absolute Gasteiger partial charge is 0.303 e. The molecule has 1 aromatic rings. The van der Waals surface area contributed by atoms with Crippen LogP contribution in [-0.2, 0) is 19.7 Å². The fourth-order valence-corrected chi connectivity index (χ4v) is 8.92. The van der Waals surface area contributed by atoms with Crippen LogP contribution in [0, 0.1) is 17.3 Å². The third kappa shape index (κ3) is 2.20. The summed E-state index contributed by atoms with van der Waals surface area (Å²) in [6.45, 7) is 5.36. The molecule has 2 saturated heterocycles. The van der Waals surface area contributed by atoms with Crippen LogP contribution in [0.2, 0.25) is 0 Å². The standard InChI is InChI=1S/C25H33N3O5/c1-5-23-17-10-14(17)12-28-9-8-24(19(23)28)16-7-6-15(32-4)11-18(16)27(3)20(24)25(31,22(26)30)21(23)33-13(2)29/h6-7,11,14,17,19-21,31H,5,8-10,12H2,1-4H3,(H2,26,30)/t14-,17-,19+,20-,21-,23-,24-,25?/m1/s1. The monoisotopic (exact) mass is 455 g/mol. The normalized spacial score (nSPS) is 44.4. The summed E-state index contributed by atoms with van der Waals surface area (Å²) < 4.78 is 11.5. The van der Waals surface area contributed by atoms with Crippen molar-refractivity contribution < 1.29 is 24.2 Å². The van der Waals surface area contributed by atoms with Crippen molar-refractivity contribution in [1.82, 2.24) is 4.90 Å². The number of nitrogens with two attached hydrogens (primary N) is 1. The van der Waals surface area contributed by atoms with Gasteiger partial charge in [0.15, 0.2) is 0 Å². The maximum absolute atomic E-state index is 13.3. The Kier molecular flexibility index (Phi) is 4.13. The molecule has 5 aliphatic rings. The molecule has 0 aromatic heterocycles. The number of carbonyl (C=O) groups is 2. The molecule has 3 heterocycles. The molecule has 178 valence electrons. The van der Waals surface area contributed by atoms with Gasteiger partial charge in [0.2, 0.25) is 5.60 Å². The summed E-state index contributed by atoms with van der Waals surface area (Å²) in [5, 5.41) is 12.4. The molecule has 33 heavy (non-hydrogen) atoms. The lowest BCUT2D eigenvalue weighted by molar-refractivity contribution is -0.236. The Morgan fingerprint density at radius 3 is 2.70 bits per heavy atom. The first-order valence-electron chi connectivity index (χ1n) is 12.0. The number of hydrogen-bond donors (Lipinski definition) is 2. The average Bonchev–Trinajstić information content (AvgIpc) is 3.41. The van der Waals surface area contributed by atoms with E-state index in [0.717, 1.165) is 42.9 Å². The zero-order valence-corrected chi connectivity index (χ0v) is 19.7. The van der Waals surface area contributed by atoms with E-state index >= 15 is 0 Å². The molecule has 1 amide bonds. The van der Waals surface area contributed by atoms with Crippen LogP contribution in [0.25, 0.3) is 0 Å². The van der Waals surface area contributed by atoms with Crippen molar-refractivity contribution in [2.75, 3.05) is 32.1 Å². The van der Waals surface area contributed by atoms with Gasteiger partial charge >= 0.3 is 5.97 Å². The molecule has 4 fully saturated rings. The van der Waals surface area contributed by atoms with Crippen molar-refractivity contribution in [3.05, 3.63) is 23.8 Å². The topological polar surface area (TPSA) is 105 Å². The second-order valence-corrected chi connectivity index (χ2v) is 10.8. The Bertz CT molecular complexity index is 1060. The number of methoxy groups -OCH3 is 1. The fraction of sp³-hybridized carbons (Fsp3) is 0.680. The summed E-state index contributed by atoms with van der Waals surface area (Å²) in [5.74, 6) is 0.196. The summed E-state index contributed by atoms with van der Waals surface area (Å²) >= 11 is 0. The highest BCUT2D eigenvalue weighted by Gasteiger charge is 2.83. The Morgan fingerprint density at radius 1 is 1.30 bits per heavy atom. The number of ether oxygens (including phenoxy) is 2. The molecule has 1 spiro atoms. The number of nitrogens with zero attached hydrogens (tertiary/aromatic N) is 2. The zero-order chi connectivity index (χ0) is 23.5. The number of benzene rings is 1. The minimum atomic E-state index is -2.03. The fourth-order valence-electron chi connectivity index (χ4n) is 8.92. The van der Waals surface area contributed by atoms with E-state index in [1.165, 1.54) is 6.92 Å². The van der Waals surface area contributed by atoms with Crippen molar-refractivity contribution >= 4 is 17.6 Å². The Labute approximate surface area is 194 Å². The summed E-state index contributed by atoms with van der Waals surface area (Å²) in [7, 11) is 3.53. The van der Waals surface area contributed by atoms with E-state index in [9.17, 15) is 14.7 Å². The maximum atomic E-state index is 13.3. The van der Waals surface area contributed by atoms with E-state index in [1.807, 2.05) is 24.1 Å². The van der Waals surface area contributed by atoms with Gasteiger partial charge in [-0.1, -0.05) is 13.0 Å². The number of likely N-dealkylation sites (N-methyl/N-ethyl adjacent to an activating group) is 1. The molecule has 0 radical (unpaired) electrons. The number of primary amides is 1. The quantitative estimate of drug-likeness (QED) is 0.654. The number of piperidine rings is 1. The van der Waals surface area contributed by atoms with Crippen LogP contribution in [0.15, 0.2) is 18.2 Å². The van der Waals surface area contributed by atoms with Gasteiger partial charge in [0.1, 0.15) is 11.9 Å². The van der Waals surface area contributed by atoms with Crippen molar-refractivity contribution in [3.8, 4) is 5.75 Å². The van der Waals surface area contributed by atoms with E-state index in [2.05, 4.69) is 17.9 Å². The van der Waals surface area contributed by atoms with Gasteiger partial charge in [-0.3, -0.25) is 14.5 Å². The van der Waals surface area contributed by atoms with Gasteiger partial charge in [0.05, 0.1) is 13.2 Å². The van der Waals surface area contributed by atoms with E-state index in [1.54, 1.807) is 7.11 Å². The number of rotatable bonds is 4. The first-order valence-corrected chi connectivity index (χ1v) is 12.0. The maximum Gasteiger partial charge on any atom is 0.303 e. The van der Waals surface area contributed by atoms with Crippen LogP contribution in [0.4, 0.5) is 5.69 Å². The number of fused-ring (bicyclic) bond motifs is 3. The van der Waals surface area contributed by atoms with E-state index < -0.39 is 40.5 Å². The first kappa shape index (κ1) is 21.2. The lowest BCUT2D eigenvalue weighted by Gasteiger charge is -2.65. The summed E-state index contributed by atoms with van der Waals surface area (Å²) in [4.78, 5) is 30.2. The molecule has 1 aromatic carbocycles. The third-order valence-electron chi connectivity index (χ3n) is 9.81. The number of esters is 1. The van der Waals surface area contributed by atoms with E-state index in [0.29, 0.717) is 18.3 Å². The van der Waals surface area contributed by atoms with Crippen LogP contribution < -0.4 is 15.4 Å². The first-order chi connectivity index (χ1) is 15.7. The van der Waals surface area contributed by atoms with Gasteiger partial charge in [-0.15, -0.1) is 0 Å². The predicted octanol–water partition coefficient (Wildman–Crippen LogP) is 1.03. The second-order valence-electron chi connectivity index (χ2n) is 10.8.